The van der Waals surface area contributed by atoms with Crippen molar-refractivity contribution in [1.29, 1.82) is 0 Å². The van der Waals surface area contributed by atoms with Crippen LogP contribution in [-0.2, 0) is 0 Å². The van der Waals surface area contributed by atoms with Gasteiger partial charge in [-0.3, -0.25) is 0 Å². The van der Waals surface area contributed by atoms with Crippen molar-refractivity contribution in [2.75, 3.05) is 6.54 Å². The largest absolute Gasteiger partial charge is 0.330 e. The van der Waals surface area contributed by atoms with Crippen LogP contribution in [0.25, 0.3) is 0 Å². The van der Waals surface area contributed by atoms with E-state index in [0.717, 1.165) is 6.42 Å². The van der Waals surface area contributed by atoms with Crippen molar-refractivity contribution < 1.29 is 4.48 Å². The Morgan fingerprint density at radius 2 is 2.38 bits per heavy atom. The minimum Gasteiger partial charge on any atom is -0.330 e. The van der Waals surface area contributed by atoms with Crippen LogP contribution in [-0.4, -0.2) is 12.6 Å². The molecule has 8 heavy (non-hydrogen) atoms. The van der Waals surface area contributed by atoms with E-state index in [9.17, 15) is 4.48 Å². The van der Waals surface area contributed by atoms with Gasteiger partial charge in [-0.2, -0.15) is 5.54 Å². The SMILES string of the molecule is CCC(CCN)NF. The molecule has 3 heteroatoms. The predicted molar refractivity (Wildman–Crippen MR) is 32.0 cm³/mol. The van der Waals surface area contributed by atoms with Crippen molar-refractivity contribution in [2.24, 2.45) is 5.73 Å². The number of hydrogen-bond acceptors (Lipinski definition) is 2. The molecule has 2 nitrogen and oxygen atoms in total. The molecule has 0 saturated heterocycles. The van der Waals surface area contributed by atoms with Crippen LogP contribution < -0.4 is 11.3 Å². The maximum atomic E-state index is 11.5. The van der Waals surface area contributed by atoms with E-state index in [4.69, 9.17) is 5.73 Å². The van der Waals surface area contributed by atoms with E-state index < -0.39 is 0 Å². The standard InChI is InChI=1S/C5H13FN2/c1-2-5(8-6)3-4-7/h5,8H,2-4,7H2,1H3. The van der Waals surface area contributed by atoms with Crippen LogP contribution in [0.15, 0.2) is 0 Å². The van der Waals surface area contributed by atoms with Crippen LogP contribution in [0.5, 0.6) is 0 Å². The second kappa shape index (κ2) is 5.00. The fourth-order valence-corrected chi connectivity index (χ4v) is 0.537. The topological polar surface area (TPSA) is 38.0 Å². The lowest BCUT2D eigenvalue weighted by molar-refractivity contribution is 0.257. The van der Waals surface area contributed by atoms with Crippen molar-refractivity contribution in [3.63, 3.8) is 0 Å². The Bertz CT molecular complexity index is 45.7. The maximum Gasteiger partial charge on any atom is 0.0381 e. The summed E-state index contributed by atoms with van der Waals surface area (Å²) in [6, 6.07) is -0.0417. The van der Waals surface area contributed by atoms with Gasteiger partial charge in [0.1, 0.15) is 0 Å². The minimum atomic E-state index is -0.0417. The van der Waals surface area contributed by atoms with Crippen LogP contribution >= 0.6 is 0 Å². The van der Waals surface area contributed by atoms with Gasteiger partial charge in [0.2, 0.25) is 0 Å². The van der Waals surface area contributed by atoms with Crippen LogP contribution in [0.2, 0.25) is 0 Å². The van der Waals surface area contributed by atoms with Gasteiger partial charge < -0.3 is 5.73 Å². The molecular weight excluding hydrogens is 107 g/mol. The van der Waals surface area contributed by atoms with Gasteiger partial charge >= 0.3 is 0 Å². The molecule has 0 fully saturated rings. The first-order valence-electron chi connectivity index (χ1n) is 2.91. The Labute approximate surface area is 49.2 Å². The molecule has 0 saturated carbocycles. The Hall–Kier alpha value is -0.150. The molecule has 0 heterocycles. The highest BCUT2D eigenvalue weighted by Gasteiger charge is 2.00. The zero-order chi connectivity index (χ0) is 6.41. The molecule has 3 N–H and O–H groups in total. The Balaban J connectivity index is 3.07. The molecule has 50 valence electrons. The smallest absolute Gasteiger partial charge is 0.0381 e. The van der Waals surface area contributed by atoms with Crippen molar-refractivity contribution in [1.82, 2.24) is 5.54 Å². The fourth-order valence-electron chi connectivity index (χ4n) is 0.537. The number of rotatable bonds is 4. The number of hydrogen-bond donors (Lipinski definition) is 2. The van der Waals surface area contributed by atoms with Crippen molar-refractivity contribution in [3.8, 4) is 0 Å². The average Bonchev–Trinajstić information content (AvgIpc) is 1.83. The molecule has 1 atom stereocenters. The van der Waals surface area contributed by atoms with Gasteiger partial charge in [0.15, 0.2) is 0 Å². The summed E-state index contributed by atoms with van der Waals surface area (Å²) in [5, 5.41) is 0. The van der Waals surface area contributed by atoms with Crippen LogP contribution in [0.3, 0.4) is 0 Å². The van der Waals surface area contributed by atoms with Gasteiger partial charge in [0.25, 0.3) is 0 Å². The average molecular weight is 120 g/mol. The number of nitrogens with two attached hydrogens (primary N) is 1. The van der Waals surface area contributed by atoms with Gasteiger partial charge in [-0.1, -0.05) is 6.92 Å². The van der Waals surface area contributed by atoms with Gasteiger partial charge in [-0.25, -0.2) is 0 Å². The highest BCUT2D eigenvalue weighted by atomic mass is 19.2. The highest BCUT2D eigenvalue weighted by Crippen LogP contribution is 1.93. The summed E-state index contributed by atoms with van der Waals surface area (Å²) in [5.41, 5.74) is 6.85. The zero-order valence-corrected chi connectivity index (χ0v) is 5.15. The zero-order valence-electron chi connectivity index (χ0n) is 5.15. The maximum absolute atomic E-state index is 11.5. The number of halogens is 1. The minimum absolute atomic E-state index is 0.0417. The second-order valence-electron chi connectivity index (χ2n) is 1.79. The van der Waals surface area contributed by atoms with E-state index >= 15 is 0 Å². The molecule has 0 spiro atoms. The molecule has 1 unspecified atom stereocenters. The normalized spacial score (nSPS) is 13.9. The molecule has 0 aliphatic rings. The summed E-state index contributed by atoms with van der Waals surface area (Å²) >= 11 is 0. The fraction of sp³-hybridized carbons (Fsp3) is 1.00. The van der Waals surface area contributed by atoms with Crippen LogP contribution in [0.1, 0.15) is 19.8 Å². The van der Waals surface area contributed by atoms with Crippen molar-refractivity contribution in [2.45, 2.75) is 25.8 Å². The molecule has 0 aliphatic carbocycles. The summed E-state index contributed by atoms with van der Waals surface area (Å²) in [4.78, 5) is 0. The first kappa shape index (κ1) is 7.85. The molecule has 0 aromatic rings. The molecule has 0 radical (unpaired) electrons. The van der Waals surface area contributed by atoms with Gasteiger partial charge in [0, 0.05) is 6.04 Å². The first-order valence-corrected chi connectivity index (χ1v) is 2.91. The van der Waals surface area contributed by atoms with Crippen LogP contribution in [0, 0.1) is 0 Å². The lowest BCUT2D eigenvalue weighted by Gasteiger charge is -2.06. The molecule has 0 aromatic heterocycles. The third kappa shape index (κ3) is 2.93. The Morgan fingerprint density at radius 1 is 1.75 bits per heavy atom. The van der Waals surface area contributed by atoms with E-state index in [1.165, 1.54) is 0 Å². The van der Waals surface area contributed by atoms with E-state index in [0.29, 0.717) is 13.0 Å². The number of nitrogens with one attached hydrogen (secondary N) is 1. The monoisotopic (exact) mass is 120 g/mol. The van der Waals surface area contributed by atoms with E-state index in [1.807, 2.05) is 6.92 Å². The third-order valence-corrected chi connectivity index (χ3v) is 1.16. The van der Waals surface area contributed by atoms with E-state index in [2.05, 4.69) is 0 Å². The van der Waals surface area contributed by atoms with Crippen molar-refractivity contribution in [3.05, 3.63) is 0 Å². The summed E-state index contributed by atoms with van der Waals surface area (Å²) in [6.07, 6.45) is 1.51. The molecule has 0 rings (SSSR count). The molecule has 0 bridgehead atoms. The van der Waals surface area contributed by atoms with E-state index in [1.54, 1.807) is 5.54 Å². The quantitative estimate of drug-likeness (QED) is 0.533. The summed E-state index contributed by atoms with van der Waals surface area (Å²) in [7, 11) is 0. The molecule has 0 aliphatic heterocycles. The van der Waals surface area contributed by atoms with Crippen LogP contribution in [0.4, 0.5) is 4.48 Å². The highest BCUT2D eigenvalue weighted by molar-refractivity contribution is 4.58. The summed E-state index contributed by atoms with van der Waals surface area (Å²) in [6.45, 7) is 2.47. The molecule has 0 aromatic carbocycles. The van der Waals surface area contributed by atoms with Gasteiger partial charge in [-0.15, -0.1) is 4.48 Å². The molecular formula is C5H13FN2. The predicted octanol–water partition coefficient (Wildman–Crippen LogP) is 0.588. The van der Waals surface area contributed by atoms with Crippen molar-refractivity contribution >= 4 is 0 Å². The summed E-state index contributed by atoms with van der Waals surface area (Å²) < 4.78 is 11.5. The third-order valence-electron chi connectivity index (χ3n) is 1.16. The lowest BCUT2D eigenvalue weighted by atomic mass is 10.2. The Morgan fingerprint density at radius 3 is 2.50 bits per heavy atom. The lowest BCUT2D eigenvalue weighted by Crippen LogP contribution is -2.23. The second-order valence-corrected chi connectivity index (χ2v) is 1.79. The summed E-state index contributed by atoms with van der Waals surface area (Å²) in [5.74, 6) is 0. The van der Waals surface area contributed by atoms with Gasteiger partial charge in [-0.05, 0) is 19.4 Å². The first-order chi connectivity index (χ1) is 3.85. The Kier molecular flexibility index (Phi) is 4.90. The molecule has 0 amide bonds. The van der Waals surface area contributed by atoms with E-state index in [-0.39, 0.29) is 6.04 Å². The van der Waals surface area contributed by atoms with Gasteiger partial charge in [0.05, 0.1) is 0 Å².